The summed E-state index contributed by atoms with van der Waals surface area (Å²) in [6.07, 6.45) is 0. The molecule has 9 aromatic rings. The number of nitrogens with zero attached hydrogens (tertiary/aromatic N) is 7. The third kappa shape index (κ3) is 6.00. The Hall–Kier alpha value is -6.34. The monoisotopic (exact) mass is 871 g/mol. The van der Waals surface area contributed by atoms with Crippen molar-refractivity contribution in [3.8, 4) is 44.9 Å². The lowest BCUT2D eigenvalue weighted by Gasteiger charge is -2.45. The number of halogens is 1. The fourth-order valence-electron chi connectivity index (χ4n) is 8.63. The Balaban J connectivity index is 0.935. The Labute approximate surface area is 357 Å². The van der Waals surface area contributed by atoms with Gasteiger partial charge in [-0.25, -0.2) is 0 Å². The van der Waals surface area contributed by atoms with Crippen LogP contribution in [0.3, 0.4) is 0 Å². The number of ether oxygens (including phenoxy) is 2. The lowest BCUT2D eigenvalue weighted by Crippen LogP contribution is -2.46. The second-order valence-electron chi connectivity index (χ2n) is 14.6. The van der Waals surface area contributed by atoms with Gasteiger partial charge >= 0.3 is 0 Å². The molecule has 2 aromatic heterocycles. The van der Waals surface area contributed by atoms with Crippen molar-refractivity contribution < 1.29 is 9.47 Å². The van der Waals surface area contributed by atoms with E-state index in [1.165, 1.54) is 46.0 Å². The van der Waals surface area contributed by atoms with Gasteiger partial charge in [0, 0.05) is 85.9 Å². The highest BCUT2D eigenvalue weighted by Gasteiger charge is 2.33. The minimum Gasteiger partial charge on any atom is -0.496 e. The van der Waals surface area contributed by atoms with Crippen molar-refractivity contribution >= 4 is 89.9 Å². The predicted molar refractivity (Wildman–Crippen MR) is 244 cm³/mol. The Kier molecular flexibility index (Phi) is 8.79. The molecule has 0 N–H and O–H groups in total. The Bertz CT molecular complexity index is 3010. The highest BCUT2D eigenvalue weighted by Crippen LogP contribution is 2.48. The summed E-state index contributed by atoms with van der Waals surface area (Å²) in [6, 6.07) is 47.0. The van der Waals surface area contributed by atoms with Crippen LogP contribution >= 0.6 is 39.4 Å². The first-order valence-electron chi connectivity index (χ1n) is 19.2. The topological polar surface area (TPSA) is 79.7 Å². The minimum atomic E-state index is 0.739. The van der Waals surface area contributed by atoms with E-state index < -0.39 is 0 Å². The molecule has 59 heavy (non-hydrogen) atoms. The average molecular weight is 873 g/mol. The predicted octanol–water partition coefficient (Wildman–Crippen LogP) is 12.2. The van der Waals surface area contributed by atoms with Crippen molar-refractivity contribution in [2.24, 2.45) is 0 Å². The van der Waals surface area contributed by atoms with Crippen LogP contribution in [0.4, 0.5) is 28.4 Å². The molecule has 4 heterocycles. The average Bonchev–Trinajstić information content (AvgIpc) is 3.99. The SMILES string of the molecule is COc1cc2c(cc1-c1ccc(Br)c3nsnc13)CN1CN2Cc2cc(-c3ccc(-c4ccc(N(c5ccccc5)c5ccccc5)cc4)c4nsnc34)c(OC)cc21. The van der Waals surface area contributed by atoms with Crippen LogP contribution in [-0.4, -0.2) is 38.4 Å². The fourth-order valence-corrected chi connectivity index (χ4v) is 10.3. The van der Waals surface area contributed by atoms with Crippen LogP contribution in [-0.2, 0) is 13.1 Å². The molecule has 0 amide bonds. The number of para-hydroxylation sites is 2. The van der Waals surface area contributed by atoms with Gasteiger partial charge in [0.25, 0.3) is 0 Å². The molecule has 2 bridgehead atoms. The van der Waals surface area contributed by atoms with Crippen molar-refractivity contribution in [3.05, 3.63) is 149 Å². The van der Waals surface area contributed by atoms with Crippen LogP contribution in [0.15, 0.2) is 138 Å². The van der Waals surface area contributed by atoms with Gasteiger partial charge in [-0.2, -0.15) is 17.5 Å². The highest BCUT2D eigenvalue weighted by molar-refractivity contribution is 9.10. The number of rotatable bonds is 8. The van der Waals surface area contributed by atoms with Gasteiger partial charge < -0.3 is 24.2 Å². The number of anilines is 5. The molecule has 288 valence electrons. The largest absolute Gasteiger partial charge is 0.496 e. The van der Waals surface area contributed by atoms with E-state index >= 15 is 0 Å². The first-order chi connectivity index (χ1) is 29.1. The molecule has 0 aliphatic carbocycles. The zero-order chi connectivity index (χ0) is 39.6. The van der Waals surface area contributed by atoms with Crippen LogP contribution in [0.25, 0.3) is 55.4 Å². The summed E-state index contributed by atoms with van der Waals surface area (Å²) in [5.74, 6) is 1.62. The van der Waals surface area contributed by atoms with Gasteiger partial charge in [-0.1, -0.05) is 66.7 Å². The standard InChI is InChI=1S/C47H34BrN7O2S2/c1-56-42-23-40-29(25-53-27-54(40)26-30-22-38(43(57-2)24-41(30)53)36-19-20-39(48)47-46(36)51-59-52-47)21-37(42)35-18-17-34(44-45(35)50-58-49-44)28-13-15-33(16-14-28)55(31-9-5-3-6-10-31)32-11-7-4-8-12-32/h3-24H,25-27H2,1-2H3. The summed E-state index contributed by atoms with van der Waals surface area (Å²) in [6.45, 7) is 2.25. The number of hydrogen-bond donors (Lipinski definition) is 0. The van der Waals surface area contributed by atoms with E-state index in [2.05, 4.69) is 155 Å². The molecule has 11 rings (SSSR count). The second-order valence-corrected chi connectivity index (χ2v) is 16.5. The number of methoxy groups -OCH3 is 2. The van der Waals surface area contributed by atoms with Crippen molar-refractivity contribution in [2.75, 3.05) is 35.6 Å². The number of aromatic nitrogens is 4. The zero-order valence-electron chi connectivity index (χ0n) is 32.0. The maximum Gasteiger partial charge on any atom is 0.128 e. The van der Waals surface area contributed by atoms with E-state index in [-0.39, 0.29) is 0 Å². The van der Waals surface area contributed by atoms with Crippen LogP contribution in [0, 0.1) is 0 Å². The third-order valence-corrected chi connectivity index (χ3v) is 13.1. The smallest absolute Gasteiger partial charge is 0.128 e. The molecule has 2 aliphatic rings. The summed E-state index contributed by atoms with van der Waals surface area (Å²) in [4.78, 5) is 7.12. The van der Waals surface area contributed by atoms with E-state index in [1.54, 1.807) is 14.2 Å². The molecule has 0 saturated heterocycles. The summed E-state index contributed by atoms with van der Waals surface area (Å²) >= 11 is 6.10. The number of benzene rings is 7. The molecule has 0 atom stereocenters. The lowest BCUT2D eigenvalue weighted by atomic mass is 9.93. The van der Waals surface area contributed by atoms with Gasteiger partial charge in [0.2, 0.25) is 0 Å². The Morgan fingerprint density at radius 1 is 0.508 bits per heavy atom. The van der Waals surface area contributed by atoms with Crippen molar-refractivity contribution in [2.45, 2.75) is 13.1 Å². The third-order valence-electron chi connectivity index (χ3n) is 11.4. The van der Waals surface area contributed by atoms with Gasteiger partial charge in [-0.3, -0.25) is 0 Å². The molecular weight excluding hydrogens is 839 g/mol. The summed E-state index contributed by atoms with van der Waals surface area (Å²) in [5.41, 5.74) is 17.7. The molecule has 12 heteroatoms. The normalized spacial score (nSPS) is 13.1. The number of fused-ring (bicyclic) bond motifs is 8. The van der Waals surface area contributed by atoms with Gasteiger partial charge in [0.15, 0.2) is 0 Å². The van der Waals surface area contributed by atoms with E-state index in [0.717, 1.165) is 108 Å². The molecule has 0 fully saturated rings. The molecule has 7 aromatic carbocycles. The maximum absolute atomic E-state index is 6.15. The quantitative estimate of drug-likeness (QED) is 0.148. The van der Waals surface area contributed by atoms with E-state index in [0.29, 0.717) is 0 Å². The molecule has 9 nitrogen and oxygen atoms in total. The van der Waals surface area contributed by atoms with Crippen LogP contribution < -0.4 is 24.2 Å². The van der Waals surface area contributed by atoms with Gasteiger partial charge in [-0.05, 0) is 87.2 Å². The first kappa shape index (κ1) is 35.8. The van der Waals surface area contributed by atoms with E-state index in [4.69, 9.17) is 18.2 Å². The molecule has 0 spiro atoms. The fraction of sp³-hybridized carbons (Fsp3) is 0.106. The van der Waals surface area contributed by atoms with E-state index in [9.17, 15) is 0 Å². The van der Waals surface area contributed by atoms with Gasteiger partial charge in [0.05, 0.1) is 44.3 Å². The second kappa shape index (κ2) is 14.5. The summed E-state index contributed by atoms with van der Waals surface area (Å²) < 4.78 is 32.0. The van der Waals surface area contributed by atoms with Gasteiger partial charge in [-0.15, -0.1) is 0 Å². The van der Waals surface area contributed by atoms with Crippen molar-refractivity contribution in [1.82, 2.24) is 17.5 Å². The maximum atomic E-state index is 6.15. The zero-order valence-corrected chi connectivity index (χ0v) is 35.2. The Morgan fingerprint density at radius 2 is 0.966 bits per heavy atom. The molecule has 0 saturated carbocycles. The van der Waals surface area contributed by atoms with Crippen molar-refractivity contribution in [3.63, 3.8) is 0 Å². The molecule has 0 unspecified atom stereocenters. The summed E-state index contributed by atoms with van der Waals surface area (Å²) in [7, 11) is 3.48. The molecule has 2 aliphatic heterocycles. The van der Waals surface area contributed by atoms with Gasteiger partial charge in [0.1, 0.15) is 33.6 Å². The Morgan fingerprint density at radius 3 is 1.51 bits per heavy atom. The van der Waals surface area contributed by atoms with E-state index in [1.807, 2.05) is 18.2 Å². The minimum absolute atomic E-state index is 0.739. The van der Waals surface area contributed by atoms with Crippen LogP contribution in [0.1, 0.15) is 11.1 Å². The molecule has 0 radical (unpaired) electrons. The van der Waals surface area contributed by atoms with Crippen LogP contribution in [0.5, 0.6) is 11.5 Å². The summed E-state index contributed by atoms with van der Waals surface area (Å²) in [5, 5.41) is 0. The molecular formula is C47H34BrN7O2S2. The van der Waals surface area contributed by atoms with Crippen molar-refractivity contribution in [1.29, 1.82) is 0 Å². The number of hydrogen-bond acceptors (Lipinski definition) is 11. The lowest BCUT2D eigenvalue weighted by molar-refractivity contribution is 0.415. The van der Waals surface area contributed by atoms with Crippen LogP contribution in [0.2, 0.25) is 0 Å². The highest BCUT2D eigenvalue weighted by atomic mass is 79.9. The first-order valence-corrected chi connectivity index (χ1v) is 21.4.